The van der Waals surface area contributed by atoms with Gasteiger partial charge in [0.15, 0.2) is 0 Å². The van der Waals surface area contributed by atoms with Gasteiger partial charge in [0.1, 0.15) is 6.10 Å². The maximum Gasteiger partial charge on any atom is 0.311 e. The highest BCUT2D eigenvalue weighted by Gasteiger charge is 2.30. The van der Waals surface area contributed by atoms with Gasteiger partial charge in [0.05, 0.1) is 5.41 Å². The molecule has 1 heterocycles. The Kier molecular flexibility index (Phi) is 3.53. The van der Waals surface area contributed by atoms with Crippen LogP contribution in [0, 0.1) is 11.3 Å². The fraction of sp³-hybridized carbons (Fsp3) is 0.909. The van der Waals surface area contributed by atoms with Crippen LogP contribution in [0.25, 0.3) is 0 Å². The van der Waals surface area contributed by atoms with Crippen molar-refractivity contribution in [1.29, 1.82) is 0 Å². The zero-order valence-electron chi connectivity index (χ0n) is 9.59. The Morgan fingerprint density at radius 3 is 2.57 bits per heavy atom. The van der Waals surface area contributed by atoms with Crippen LogP contribution < -0.4 is 5.32 Å². The third-order valence-corrected chi connectivity index (χ3v) is 2.58. The second kappa shape index (κ2) is 4.30. The Hall–Kier alpha value is -0.570. The fourth-order valence-corrected chi connectivity index (χ4v) is 1.48. The number of carbonyl (C=O) groups is 1. The first kappa shape index (κ1) is 11.5. The average molecular weight is 199 g/mol. The standard InChI is InChI=1S/C11H21NO2/c1-8-7-12-6-5-9(8)14-10(13)11(2,3)4/h8-9,12H,5-7H2,1-4H3/t8?,9-/m0/s1. The van der Waals surface area contributed by atoms with Gasteiger partial charge in [-0.25, -0.2) is 0 Å². The number of nitrogens with one attached hydrogen (secondary N) is 1. The zero-order valence-corrected chi connectivity index (χ0v) is 9.59. The van der Waals surface area contributed by atoms with Crippen LogP contribution in [0.2, 0.25) is 0 Å². The molecule has 1 unspecified atom stereocenters. The lowest BCUT2D eigenvalue weighted by atomic mass is 9.95. The smallest absolute Gasteiger partial charge is 0.311 e. The molecule has 3 heteroatoms. The minimum Gasteiger partial charge on any atom is -0.462 e. The van der Waals surface area contributed by atoms with E-state index in [0.717, 1.165) is 19.5 Å². The summed E-state index contributed by atoms with van der Waals surface area (Å²) < 4.78 is 5.49. The molecule has 0 aromatic carbocycles. The summed E-state index contributed by atoms with van der Waals surface area (Å²) in [4.78, 5) is 11.6. The molecule has 0 bridgehead atoms. The predicted molar refractivity (Wildman–Crippen MR) is 56.0 cm³/mol. The van der Waals surface area contributed by atoms with E-state index in [4.69, 9.17) is 4.74 Å². The van der Waals surface area contributed by atoms with Crippen molar-refractivity contribution in [3.8, 4) is 0 Å². The van der Waals surface area contributed by atoms with Gasteiger partial charge < -0.3 is 10.1 Å². The second-order valence-electron chi connectivity index (χ2n) is 5.16. The van der Waals surface area contributed by atoms with Crippen LogP contribution in [0.15, 0.2) is 0 Å². The van der Waals surface area contributed by atoms with Crippen molar-refractivity contribution in [3.63, 3.8) is 0 Å². The first-order valence-electron chi connectivity index (χ1n) is 5.33. The average Bonchev–Trinajstić information content (AvgIpc) is 2.07. The Balaban J connectivity index is 2.46. The van der Waals surface area contributed by atoms with Crippen molar-refractivity contribution in [2.75, 3.05) is 13.1 Å². The summed E-state index contributed by atoms with van der Waals surface area (Å²) in [5, 5.41) is 3.29. The molecule has 0 aromatic rings. The van der Waals surface area contributed by atoms with E-state index >= 15 is 0 Å². The number of carbonyl (C=O) groups excluding carboxylic acids is 1. The Morgan fingerprint density at radius 1 is 1.43 bits per heavy atom. The van der Waals surface area contributed by atoms with Gasteiger partial charge >= 0.3 is 5.97 Å². The molecule has 0 saturated carbocycles. The van der Waals surface area contributed by atoms with Gasteiger partial charge in [-0.3, -0.25) is 4.79 Å². The van der Waals surface area contributed by atoms with Gasteiger partial charge in [-0.1, -0.05) is 6.92 Å². The number of hydrogen-bond acceptors (Lipinski definition) is 3. The molecular formula is C11H21NO2. The van der Waals surface area contributed by atoms with Gasteiger partial charge in [0.2, 0.25) is 0 Å². The molecule has 0 amide bonds. The summed E-state index contributed by atoms with van der Waals surface area (Å²) in [5.41, 5.74) is -0.384. The number of rotatable bonds is 1. The minimum absolute atomic E-state index is 0.0868. The third-order valence-electron chi connectivity index (χ3n) is 2.58. The molecule has 1 aliphatic heterocycles. The van der Waals surface area contributed by atoms with E-state index in [1.54, 1.807) is 0 Å². The topological polar surface area (TPSA) is 38.3 Å². The SMILES string of the molecule is CC1CNCC[C@@H]1OC(=O)C(C)(C)C. The molecule has 1 aliphatic rings. The van der Waals surface area contributed by atoms with E-state index < -0.39 is 0 Å². The lowest BCUT2D eigenvalue weighted by Gasteiger charge is -2.31. The molecule has 1 fully saturated rings. The minimum atomic E-state index is -0.384. The molecule has 2 atom stereocenters. The van der Waals surface area contributed by atoms with Crippen molar-refractivity contribution in [2.24, 2.45) is 11.3 Å². The maximum atomic E-state index is 11.6. The molecule has 0 spiro atoms. The Morgan fingerprint density at radius 2 is 2.07 bits per heavy atom. The van der Waals surface area contributed by atoms with E-state index in [-0.39, 0.29) is 17.5 Å². The van der Waals surface area contributed by atoms with Crippen LogP contribution in [0.1, 0.15) is 34.1 Å². The van der Waals surface area contributed by atoms with Gasteiger partial charge in [0, 0.05) is 12.5 Å². The van der Waals surface area contributed by atoms with E-state index in [1.807, 2.05) is 20.8 Å². The number of piperidine rings is 1. The van der Waals surface area contributed by atoms with Crippen LogP contribution in [-0.4, -0.2) is 25.2 Å². The number of hydrogen-bond donors (Lipinski definition) is 1. The zero-order chi connectivity index (χ0) is 10.8. The van der Waals surface area contributed by atoms with Crippen LogP contribution in [-0.2, 0) is 9.53 Å². The van der Waals surface area contributed by atoms with Crippen LogP contribution in [0.4, 0.5) is 0 Å². The molecule has 14 heavy (non-hydrogen) atoms. The monoisotopic (exact) mass is 199 g/mol. The molecular weight excluding hydrogens is 178 g/mol. The molecule has 0 aromatic heterocycles. The summed E-state index contributed by atoms with van der Waals surface area (Å²) >= 11 is 0. The number of esters is 1. The lowest BCUT2D eigenvalue weighted by Crippen LogP contribution is -2.42. The van der Waals surface area contributed by atoms with Gasteiger partial charge in [-0.05, 0) is 33.7 Å². The van der Waals surface area contributed by atoms with Crippen LogP contribution in [0.3, 0.4) is 0 Å². The summed E-state index contributed by atoms with van der Waals surface area (Å²) in [5.74, 6) is 0.339. The summed E-state index contributed by atoms with van der Waals surface area (Å²) in [6, 6.07) is 0. The first-order chi connectivity index (χ1) is 6.41. The van der Waals surface area contributed by atoms with E-state index in [9.17, 15) is 4.79 Å². The molecule has 3 nitrogen and oxygen atoms in total. The highest BCUT2D eigenvalue weighted by Crippen LogP contribution is 2.21. The van der Waals surface area contributed by atoms with E-state index in [2.05, 4.69) is 12.2 Å². The van der Waals surface area contributed by atoms with Crippen molar-refractivity contribution in [3.05, 3.63) is 0 Å². The van der Waals surface area contributed by atoms with Gasteiger partial charge in [-0.15, -0.1) is 0 Å². The first-order valence-corrected chi connectivity index (χ1v) is 5.33. The molecule has 1 saturated heterocycles. The summed E-state index contributed by atoms with van der Waals surface area (Å²) in [7, 11) is 0. The molecule has 1 rings (SSSR count). The molecule has 0 aliphatic carbocycles. The van der Waals surface area contributed by atoms with Gasteiger partial charge in [-0.2, -0.15) is 0 Å². The highest BCUT2D eigenvalue weighted by molar-refractivity contribution is 5.75. The quantitative estimate of drug-likeness (QED) is 0.651. The van der Waals surface area contributed by atoms with E-state index in [0.29, 0.717) is 5.92 Å². The van der Waals surface area contributed by atoms with Crippen molar-refractivity contribution < 1.29 is 9.53 Å². The second-order valence-corrected chi connectivity index (χ2v) is 5.16. The largest absolute Gasteiger partial charge is 0.462 e. The summed E-state index contributed by atoms with van der Waals surface area (Å²) in [6.07, 6.45) is 1.03. The van der Waals surface area contributed by atoms with Crippen molar-refractivity contribution in [2.45, 2.75) is 40.2 Å². The molecule has 0 radical (unpaired) electrons. The van der Waals surface area contributed by atoms with Crippen LogP contribution >= 0.6 is 0 Å². The predicted octanol–water partition coefficient (Wildman–Crippen LogP) is 1.57. The Bertz CT molecular complexity index is 208. The van der Waals surface area contributed by atoms with Crippen molar-refractivity contribution >= 4 is 5.97 Å². The third kappa shape index (κ3) is 2.98. The van der Waals surface area contributed by atoms with Gasteiger partial charge in [0.25, 0.3) is 0 Å². The molecule has 1 N–H and O–H groups in total. The normalized spacial score (nSPS) is 28.6. The lowest BCUT2D eigenvalue weighted by molar-refractivity contribution is -0.162. The molecule has 82 valence electrons. The fourth-order valence-electron chi connectivity index (χ4n) is 1.48. The Labute approximate surface area is 86.2 Å². The van der Waals surface area contributed by atoms with E-state index in [1.165, 1.54) is 0 Å². The summed E-state index contributed by atoms with van der Waals surface area (Å²) in [6.45, 7) is 9.69. The van der Waals surface area contributed by atoms with Crippen molar-refractivity contribution in [1.82, 2.24) is 5.32 Å². The van der Waals surface area contributed by atoms with Crippen LogP contribution in [0.5, 0.6) is 0 Å². The highest BCUT2D eigenvalue weighted by atomic mass is 16.5. The number of ether oxygens (including phenoxy) is 1. The maximum absolute atomic E-state index is 11.6.